The molecule has 1 aromatic carbocycles. The molecule has 0 radical (unpaired) electrons. The Morgan fingerprint density at radius 2 is 1.86 bits per heavy atom. The molecular formula is C24H25F2N7O3. The summed E-state index contributed by atoms with van der Waals surface area (Å²) in [4.78, 5) is 21.5. The predicted octanol–water partition coefficient (Wildman–Crippen LogP) is 2.56. The zero-order chi connectivity index (χ0) is 25.8. The largest absolute Gasteiger partial charge is 0.496 e. The lowest BCUT2D eigenvalue weighted by Crippen LogP contribution is -2.46. The van der Waals surface area contributed by atoms with Crippen LogP contribution in [0.25, 0.3) is 0 Å². The minimum atomic E-state index is -0.953. The fraction of sp³-hybridized carbons (Fsp3) is 0.333. The van der Waals surface area contributed by atoms with Crippen LogP contribution in [-0.2, 0) is 13.6 Å². The van der Waals surface area contributed by atoms with Crippen LogP contribution in [0, 0.1) is 23.0 Å². The Hall–Kier alpha value is -4.24. The fourth-order valence-corrected chi connectivity index (χ4v) is 4.07. The Balaban J connectivity index is 1.49. The number of aryl methyl sites for hydroxylation is 1. The SMILES string of the molecule is COc1cc(F)c(F)cc1CN1CCN(c2ncc(C#N)cc2NC(=O)c2cn(C)nc2OC)CC1. The molecule has 12 heteroatoms. The molecular weight excluding hydrogens is 472 g/mol. The van der Waals surface area contributed by atoms with Gasteiger partial charge in [0.05, 0.1) is 25.5 Å². The molecule has 0 unspecified atom stereocenters. The number of ether oxygens (including phenoxy) is 2. The summed E-state index contributed by atoms with van der Waals surface area (Å²) in [5.41, 5.74) is 1.50. The minimum absolute atomic E-state index is 0.183. The zero-order valence-corrected chi connectivity index (χ0v) is 20.1. The van der Waals surface area contributed by atoms with Crippen LogP contribution < -0.4 is 19.7 Å². The van der Waals surface area contributed by atoms with Crippen LogP contribution in [0.5, 0.6) is 11.6 Å². The molecule has 2 aromatic heterocycles. The molecule has 0 spiro atoms. The average molecular weight is 498 g/mol. The summed E-state index contributed by atoms with van der Waals surface area (Å²) in [6.45, 7) is 2.72. The number of carbonyl (C=O) groups excluding carboxylic acids is 1. The number of hydrogen-bond acceptors (Lipinski definition) is 8. The van der Waals surface area contributed by atoms with E-state index in [4.69, 9.17) is 9.47 Å². The van der Waals surface area contributed by atoms with Gasteiger partial charge in [-0.3, -0.25) is 14.4 Å². The van der Waals surface area contributed by atoms with Crippen molar-refractivity contribution in [3.8, 4) is 17.7 Å². The normalized spacial score (nSPS) is 13.8. The number of amides is 1. The first kappa shape index (κ1) is 24.9. The molecule has 36 heavy (non-hydrogen) atoms. The van der Waals surface area contributed by atoms with E-state index < -0.39 is 17.5 Å². The van der Waals surface area contributed by atoms with Crippen molar-refractivity contribution in [2.24, 2.45) is 7.05 Å². The van der Waals surface area contributed by atoms with Gasteiger partial charge >= 0.3 is 0 Å². The van der Waals surface area contributed by atoms with Crippen molar-refractivity contribution in [1.82, 2.24) is 19.7 Å². The number of nitrogens with zero attached hydrogens (tertiary/aromatic N) is 6. The highest BCUT2D eigenvalue weighted by Gasteiger charge is 2.24. The molecule has 1 N–H and O–H groups in total. The van der Waals surface area contributed by atoms with Crippen LogP contribution in [0.3, 0.4) is 0 Å². The van der Waals surface area contributed by atoms with E-state index in [1.807, 2.05) is 11.0 Å². The number of nitriles is 1. The molecule has 10 nitrogen and oxygen atoms in total. The lowest BCUT2D eigenvalue weighted by molar-refractivity contribution is 0.102. The van der Waals surface area contributed by atoms with Gasteiger partial charge < -0.3 is 19.7 Å². The lowest BCUT2D eigenvalue weighted by atomic mass is 10.1. The summed E-state index contributed by atoms with van der Waals surface area (Å²) in [6, 6.07) is 5.82. The number of pyridine rings is 1. The first-order valence-electron chi connectivity index (χ1n) is 11.1. The maximum absolute atomic E-state index is 13.8. The van der Waals surface area contributed by atoms with Gasteiger partial charge in [-0.05, 0) is 12.1 Å². The summed E-state index contributed by atoms with van der Waals surface area (Å²) in [5.74, 6) is -1.32. The Morgan fingerprint density at radius 3 is 2.53 bits per heavy atom. The maximum atomic E-state index is 13.8. The standard InChI is InChI=1S/C24H25F2N7O3/c1-31-14-17(24(30-31)36-3)23(34)29-20-8-15(11-27)12-28-22(20)33-6-4-32(5-7-33)13-16-9-18(25)19(26)10-21(16)35-2/h8-10,12,14H,4-7,13H2,1-3H3,(H,29,34). The number of nitrogens with one attached hydrogen (secondary N) is 1. The van der Waals surface area contributed by atoms with Crippen molar-refractivity contribution in [2.75, 3.05) is 50.6 Å². The van der Waals surface area contributed by atoms with Gasteiger partial charge in [0.1, 0.15) is 17.4 Å². The van der Waals surface area contributed by atoms with Crippen molar-refractivity contribution in [1.29, 1.82) is 5.26 Å². The second-order valence-electron chi connectivity index (χ2n) is 8.23. The average Bonchev–Trinajstić information content (AvgIpc) is 3.27. The van der Waals surface area contributed by atoms with Crippen LogP contribution >= 0.6 is 0 Å². The third-order valence-corrected chi connectivity index (χ3v) is 5.87. The smallest absolute Gasteiger partial charge is 0.262 e. The maximum Gasteiger partial charge on any atom is 0.262 e. The molecule has 3 aromatic rings. The molecule has 0 saturated carbocycles. The molecule has 0 aliphatic carbocycles. The summed E-state index contributed by atoms with van der Waals surface area (Å²) >= 11 is 0. The van der Waals surface area contributed by atoms with Gasteiger partial charge in [0, 0.05) is 63.8 Å². The quantitative estimate of drug-likeness (QED) is 0.531. The first-order valence-corrected chi connectivity index (χ1v) is 11.1. The van der Waals surface area contributed by atoms with Gasteiger partial charge in [-0.2, -0.15) is 5.26 Å². The Bertz CT molecular complexity index is 1310. The Kier molecular flexibility index (Phi) is 7.30. The molecule has 1 amide bonds. The topological polar surface area (TPSA) is 109 Å². The van der Waals surface area contributed by atoms with Gasteiger partial charge in [-0.15, -0.1) is 5.10 Å². The van der Waals surface area contributed by atoms with E-state index >= 15 is 0 Å². The van der Waals surface area contributed by atoms with Gasteiger partial charge in [0.15, 0.2) is 17.5 Å². The molecule has 0 atom stereocenters. The zero-order valence-electron chi connectivity index (χ0n) is 20.1. The number of piperazine rings is 1. The summed E-state index contributed by atoms with van der Waals surface area (Å²) in [6.07, 6.45) is 2.99. The van der Waals surface area contributed by atoms with Crippen molar-refractivity contribution in [3.63, 3.8) is 0 Å². The van der Waals surface area contributed by atoms with Gasteiger partial charge in [0.25, 0.3) is 5.91 Å². The van der Waals surface area contributed by atoms with Gasteiger partial charge in [0.2, 0.25) is 5.88 Å². The summed E-state index contributed by atoms with van der Waals surface area (Å²) in [7, 11) is 4.53. The Morgan fingerprint density at radius 1 is 1.14 bits per heavy atom. The monoisotopic (exact) mass is 497 g/mol. The van der Waals surface area contributed by atoms with Crippen molar-refractivity contribution < 1.29 is 23.0 Å². The highest BCUT2D eigenvalue weighted by atomic mass is 19.2. The minimum Gasteiger partial charge on any atom is -0.496 e. The number of rotatable bonds is 7. The summed E-state index contributed by atoms with van der Waals surface area (Å²) < 4.78 is 39.2. The molecule has 1 saturated heterocycles. The van der Waals surface area contributed by atoms with Crippen LogP contribution in [0.15, 0.2) is 30.6 Å². The molecule has 4 rings (SSSR count). The van der Waals surface area contributed by atoms with Crippen LogP contribution in [0.1, 0.15) is 21.5 Å². The van der Waals surface area contributed by atoms with E-state index in [1.54, 1.807) is 19.3 Å². The lowest BCUT2D eigenvalue weighted by Gasteiger charge is -2.36. The first-order chi connectivity index (χ1) is 17.3. The number of benzene rings is 1. The predicted molar refractivity (Wildman–Crippen MR) is 127 cm³/mol. The van der Waals surface area contributed by atoms with E-state index in [0.29, 0.717) is 61.1 Å². The fourth-order valence-electron chi connectivity index (χ4n) is 4.07. The highest BCUT2D eigenvalue weighted by molar-refractivity contribution is 6.07. The third kappa shape index (κ3) is 5.21. The third-order valence-electron chi connectivity index (χ3n) is 5.87. The van der Waals surface area contributed by atoms with E-state index in [0.717, 1.165) is 12.1 Å². The Labute approximate surface area is 206 Å². The molecule has 188 valence electrons. The molecule has 1 fully saturated rings. The molecule has 0 bridgehead atoms. The van der Waals surface area contributed by atoms with Crippen molar-refractivity contribution in [2.45, 2.75) is 6.54 Å². The van der Waals surface area contributed by atoms with Crippen molar-refractivity contribution in [3.05, 3.63) is 58.9 Å². The molecule has 3 heterocycles. The summed E-state index contributed by atoms with van der Waals surface area (Å²) in [5, 5.41) is 16.3. The van der Waals surface area contributed by atoms with E-state index in [2.05, 4.69) is 20.3 Å². The van der Waals surface area contributed by atoms with Crippen LogP contribution in [0.2, 0.25) is 0 Å². The molecule has 1 aliphatic rings. The van der Waals surface area contributed by atoms with Crippen LogP contribution in [-0.4, -0.2) is 66.0 Å². The van der Waals surface area contributed by atoms with E-state index in [9.17, 15) is 18.8 Å². The van der Waals surface area contributed by atoms with E-state index in [1.165, 1.54) is 25.1 Å². The van der Waals surface area contributed by atoms with Gasteiger partial charge in [-0.25, -0.2) is 13.8 Å². The van der Waals surface area contributed by atoms with Crippen molar-refractivity contribution >= 4 is 17.4 Å². The van der Waals surface area contributed by atoms with Gasteiger partial charge in [-0.1, -0.05) is 0 Å². The number of halogens is 2. The number of methoxy groups -OCH3 is 2. The highest BCUT2D eigenvalue weighted by Crippen LogP contribution is 2.28. The van der Waals surface area contributed by atoms with E-state index in [-0.39, 0.29) is 11.4 Å². The second kappa shape index (κ2) is 10.6. The number of carbonyl (C=O) groups is 1. The number of aromatic nitrogens is 3. The second-order valence-corrected chi connectivity index (χ2v) is 8.23. The number of anilines is 2. The molecule has 1 aliphatic heterocycles. The number of hydrogen-bond donors (Lipinski definition) is 1. The van der Waals surface area contributed by atoms with Crippen LogP contribution in [0.4, 0.5) is 20.3 Å².